The number of carbonyl (C=O) groups is 3. The number of thioether (sulfide) groups is 1. The van der Waals surface area contributed by atoms with Gasteiger partial charge in [0.15, 0.2) is 0 Å². The van der Waals surface area contributed by atoms with E-state index < -0.39 is 28.7 Å². The van der Waals surface area contributed by atoms with E-state index in [2.05, 4.69) is 10.6 Å². The van der Waals surface area contributed by atoms with Crippen LogP contribution in [0.4, 0.5) is 11.4 Å². The van der Waals surface area contributed by atoms with E-state index >= 15 is 0 Å². The van der Waals surface area contributed by atoms with Crippen molar-refractivity contribution in [2.45, 2.75) is 48.3 Å². The van der Waals surface area contributed by atoms with Crippen molar-refractivity contribution in [2.24, 2.45) is 11.8 Å². The number of nitrogens with zero attached hydrogens (tertiary/aromatic N) is 1. The first-order chi connectivity index (χ1) is 22.4. The molecule has 2 bridgehead atoms. The molecule has 4 aromatic carbocycles. The lowest BCUT2D eigenvalue weighted by atomic mass is 9.70. The predicted octanol–water partition coefficient (Wildman–Crippen LogP) is 5.51. The first kappa shape index (κ1) is 30.3. The second-order valence-corrected chi connectivity index (χ2v) is 13.9. The normalized spacial score (nSPS) is 25.3. The van der Waals surface area contributed by atoms with Crippen LogP contribution >= 0.6 is 11.8 Å². The average Bonchev–Trinajstić information content (AvgIpc) is 3.72. The Morgan fingerprint density at radius 2 is 1.63 bits per heavy atom. The van der Waals surface area contributed by atoms with E-state index in [0.29, 0.717) is 36.6 Å². The van der Waals surface area contributed by atoms with Gasteiger partial charge in [-0.05, 0) is 78.9 Å². The van der Waals surface area contributed by atoms with Crippen LogP contribution < -0.4 is 15.4 Å². The first-order valence-corrected chi connectivity index (χ1v) is 16.8. The van der Waals surface area contributed by atoms with E-state index in [1.54, 1.807) is 40.9 Å². The topological polar surface area (TPSA) is 108 Å². The van der Waals surface area contributed by atoms with Gasteiger partial charge >= 0.3 is 0 Å². The zero-order valence-corrected chi connectivity index (χ0v) is 26.4. The van der Waals surface area contributed by atoms with Crippen LogP contribution in [0.15, 0.2) is 97.1 Å². The molecule has 6 atom stereocenters. The zero-order chi connectivity index (χ0) is 31.8. The molecule has 0 saturated carbocycles. The molecule has 0 aliphatic carbocycles. The van der Waals surface area contributed by atoms with Gasteiger partial charge in [-0.1, -0.05) is 60.7 Å². The number of hydrogen-bond donors (Lipinski definition) is 3. The maximum atomic E-state index is 14.6. The van der Waals surface area contributed by atoms with Gasteiger partial charge in [-0.25, -0.2) is 0 Å². The highest BCUT2D eigenvalue weighted by Crippen LogP contribution is 2.66. The molecule has 3 aliphatic rings. The number of carbonyl (C=O) groups excluding carboxylic acids is 3. The second kappa shape index (κ2) is 12.5. The second-order valence-electron chi connectivity index (χ2n) is 12.3. The van der Waals surface area contributed by atoms with Gasteiger partial charge in [0.1, 0.15) is 11.8 Å². The molecule has 0 radical (unpaired) electrons. The van der Waals surface area contributed by atoms with E-state index in [9.17, 15) is 19.5 Å². The van der Waals surface area contributed by atoms with Gasteiger partial charge in [0.25, 0.3) is 0 Å². The van der Waals surface area contributed by atoms with E-state index in [1.165, 1.54) is 0 Å². The Balaban J connectivity index is 1.22. The van der Waals surface area contributed by atoms with Crippen LogP contribution in [0.3, 0.4) is 0 Å². The Hall–Kier alpha value is -4.34. The number of rotatable bonds is 10. The fourth-order valence-corrected chi connectivity index (χ4v) is 9.93. The molecule has 3 aliphatic heterocycles. The number of ether oxygens (including phenoxy) is 1. The van der Waals surface area contributed by atoms with Crippen molar-refractivity contribution < 1.29 is 24.2 Å². The first-order valence-electron chi connectivity index (χ1n) is 15.9. The molecule has 4 aromatic rings. The fraction of sp³-hybridized carbons (Fsp3) is 0.324. The third-order valence-electron chi connectivity index (χ3n) is 9.66. The van der Waals surface area contributed by atoms with Crippen molar-refractivity contribution in [1.82, 2.24) is 4.90 Å². The predicted molar refractivity (Wildman–Crippen MR) is 181 cm³/mol. The molecule has 3 saturated heterocycles. The van der Waals surface area contributed by atoms with Crippen molar-refractivity contribution in [2.75, 3.05) is 23.8 Å². The Labute approximate surface area is 272 Å². The maximum Gasteiger partial charge on any atom is 0.248 e. The highest BCUT2D eigenvalue weighted by molar-refractivity contribution is 8.02. The van der Waals surface area contributed by atoms with Gasteiger partial charge in [-0.2, -0.15) is 0 Å². The molecule has 236 valence electrons. The summed E-state index contributed by atoms with van der Waals surface area (Å²) in [4.78, 5) is 44.6. The largest absolute Gasteiger partial charge is 0.494 e. The van der Waals surface area contributed by atoms with Crippen LogP contribution in [-0.4, -0.2) is 63.0 Å². The summed E-state index contributed by atoms with van der Waals surface area (Å²) in [6.07, 6.45) is 1.76. The summed E-state index contributed by atoms with van der Waals surface area (Å²) in [5, 5.41) is 18.8. The highest BCUT2D eigenvalue weighted by atomic mass is 32.2. The molecular formula is C37H37N3O5S. The van der Waals surface area contributed by atoms with Gasteiger partial charge in [0.2, 0.25) is 17.7 Å². The molecule has 3 fully saturated rings. The highest BCUT2D eigenvalue weighted by Gasteiger charge is 2.74. The Bertz CT molecular complexity index is 1770. The van der Waals surface area contributed by atoms with Crippen LogP contribution in [0.5, 0.6) is 5.75 Å². The van der Waals surface area contributed by atoms with Crippen LogP contribution in [0.2, 0.25) is 0 Å². The van der Waals surface area contributed by atoms with Crippen molar-refractivity contribution in [3.8, 4) is 5.75 Å². The van der Waals surface area contributed by atoms with Crippen LogP contribution in [-0.2, 0) is 20.8 Å². The third kappa shape index (κ3) is 5.31. The fourth-order valence-electron chi connectivity index (χ4n) is 7.73. The molecule has 3 N–H and O–H groups in total. The van der Waals surface area contributed by atoms with Crippen LogP contribution in [0, 0.1) is 11.8 Å². The van der Waals surface area contributed by atoms with Crippen molar-refractivity contribution >= 4 is 51.6 Å². The SMILES string of the molecule is CCOc1ccc(NC(=O)[C@@H]2[C@H]3C(=O)N([C@@H](CO)Cc4ccccc4)C(C(=O)Nc4ccc5ccccc5c4)C34CC[C@H]2S4)cc1. The van der Waals surface area contributed by atoms with E-state index in [4.69, 9.17) is 4.74 Å². The zero-order valence-electron chi connectivity index (χ0n) is 25.6. The number of nitrogens with one attached hydrogen (secondary N) is 2. The summed E-state index contributed by atoms with van der Waals surface area (Å²) < 4.78 is 4.75. The summed E-state index contributed by atoms with van der Waals surface area (Å²) in [6.45, 7) is 2.15. The molecular weight excluding hydrogens is 598 g/mol. The molecule has 3 amide bonds. The molecule has 1 spiro atoms. The molecule has 8 nitrogen and oxygen atoms in total. The van der Waals surface area contributed by atoms with Gasteiger partial charge in [-0.15, -0.1) is 11.8 Å². The maximum absolute atomic E-state index is 14.6. The molecule has 46 heavy (non-hydrogen) atoms. The number of fused-ring (bicyclic) bond motifs is 2. The van der Waals surface area contributed by atoms with Gasteiger partial charge in [0, 0.05) is 16.6 Å². The minimum Gasteiger partial charge on any atom is -0.494 e. The quantitative estimate of drug-likeness (QED) is 0.212. The van der Waals surface area contributed by atoms with Gasteiger partial charge in [-0.3, -0.25) is 14.4 Å². The molecule has 3 heterocycles. The van der Waals surface area contributed by atoms with E-state index in [1.807, 2.05) is 79.7 Å². The Kier molecular flexibility index (Phi) is 8.21. The smallest absolute Gasteiger partial charge is 0.248 e. The van der Waals surface area contributed by atoms with E-state index in [0.717, 1.165) is 22.8 Å². The number of benzene rings is 4. The average molecular weight is 636 g/mol. The number of amides is 3. The lowest BCUT2D eigenvalue weighted by Gasteiger charge is -2.37. The molecule has 7 rings (SSSR count). The lowest BCUT2D eigenvalue weighted by Crippen LogP contribution is -2.55. The van der Waals surface area contributed by atoms with Gasteiger partial charge < -0.3 is 25.4 Å². The number of hydrogen-bond acceptors (Lipinski definition) is 6. The lowest BCUT2D eigenvalue weighted by molar-refractivity contribution is -0.141. The van der Waals surface area contributed by atoms with Crippen LogP contribution in [0.1, 0.15) is 25.3 Å². The van der Waals surface area contributed by atoms with Crippen LogP contribution in [0.25, 0.3) is 10.8 Å². The Morgan fingerprint density at radius 3 is 2.37 bits per heavy atom. The number of likely N-dealkylation sites (tertiary alicyclic amines) is 1. The van der Waals surface area contributed by atoms with Crippen molar-refractivity contribution in [3.63, 3.8) is 0 Å². The summed E-state index contributed by atoms with van der Waals surface area (Å²) in [5.41, 5.74) is 2.22. The van der Waals surface area contributed by atoms with Crippen molar-refractivity contribution in [3.05, 3.63) is 103 Å². The summed E-state index contributed by atoms with van der Waals surface area (Å²) >= 11 is 1.61. The minimum atomic E-state index is -0.851. The minimum absolute atomic E-state index is 0.0866. The summed E-state index contributed by atoms with van der Waals surface area (Å²) in [5.74, 6) is -1.33. The third-order valence-corrected chi connectivity index (χ3v) is 11.6. The summed E-state index contributed by atoms with van der Waals surface area (Å²) in [7, 11) is 0. The number of aliphatic hydroxyl groups excluding tert-OH is 1. The monoisotopic (exact) mass is 635 g/mol. The van der Waals surface area contributed by atoms with Crippen molar-refractivity contribution in [1.29, 1.82) is 0 Å². The molecule has 9 heteroatoms. The molecule has 2 unspecified atom stereocenters. The standard InChI is InChI=1S/C37H37N3O5S/c1-2-45-29-16-14-26(15-17-29)38-34(42)31-30-18-19-37(46-30)32(31)36(44)40(28(22-41)20-23-8-4-3-5-9-23)33(37)35(43)39-27-13-12-24-10-6-7-11-25(24)21-27/h3-17,21,28,30-33,41H,2,18-20,22H2,1H3,(H,38,42)(H,39,43)/t28-,30-,31+,32+,33?,37?/m1/s1. The Morgan fingerprint density at radius 1 is 0.935 bits per heavy atom. The van der Waals surface area contributed by atoms with Gasteiger partial charge in [0.05, 0.1) is 35.8 Å². The number of anilines is 2. The summed E-state index contributed by atoms with van der Waals surface area (Å²) in [6, 6.07) is 29.1. The number of aliphatic hydroxyl groups is 1. The van der Waals surface area contributed by atoms with E-state index in [-0.39, 0.29) is 29.6 Å². The molecule has 0 aromatic heterocycles.